The predicted octanol–water partition coefficient (Wildman–Crippen LogP) is 4.59. The molecule has 0 spiro atoms. The number of Topliss-reactive ketones (excluding diaryl/α,β-unsaturated/α-hetero) is 1. The van der Waals surface area contributed by atoms with Crippen LogP contribution < -0.4 is 10.6 Å². The van der Waals surface area contributed by atoms with Gasteiger partial charge in [-0.2, -0.15) is 0 Å². The minimum Gasteiger partial charge on any atom is -0.350 e. The van der Waals surface area contributed by atoms with Crippen molar-refractivity contribution in [1.82, 2.24) is 15.5 Å². The van der Waals surface area contributed by atoms with Crippen molar-refractivity contribution in [2.24, 2.45) is 0 Å². The number of anilines is 2. The Hall–Kier alpha value is -2.78. The van der Waals surface area contributed by atoms with Gasteiger partial charge in [0, 0.05) is 18.2 Å². The molecule has 0 radical (unpaired) electrons. The summed E-state index contributed by atoms with van der Waals surface area (Å²) in [6.45, 7) is 3.36. The molecule has 0 saturated carbocycles. The highest BCUT2D eigenvalue weighted by molar-refractivity contribution is 8.01. The molecule has 1 unspecified atom stereocenters. The molecule has 3 rings (SSSR count). The Morgan fingerprint density at radius 3 is 2.45 bits per heavy atom. The van der Waals surface area contributed by atoms with Crippen LogP contribution in [0.3, 0.4) is 0 Å². The van der Waals surface area contributed by atoms with Crippen LogP contribution in [0, 0.1) is 5.82 Å². The van der Waals surface area contributed by atoms with Gasteiger partial charge in [0.05, 0.1) is 11.8 Å². The van der Waals surface area contributed by atoms with Crippen molar-refractivity contribution in [3.8, 4) is 0 Å². The van der Waals surface area contributed by atoms with E-state index in [4.69, 9.17) is 0 Å². The summed E-state index contributed by atoms with van der Waals surface area (Å²) in [6.07, 6.45) is 0. The van der Waals surface area contributed by atoms with Crippen LogP contribution in [0.15, 0.2) is 52.9 Å². The fourth-order valence-electron chi connectivity index (χ4n) is 2.53. The van der Waals surface area contributed by atoms with Crippen LogP contribution in [-0.4, -0.2) is 27.6 Å². The van der Waals surface area contributed by atoms with Crippen molar-refractivity contribution < 1.29 is 14.0 Å². The smallest absolute Gasteiger partial charge is 0.217 e. The van der Waals surface area contributed by atoms with Crippen LogP contribution in [0.5, 0.6) is 0 Å². The van der Waals surface area contributed by atoms with Gasteiger partial charge in [-0.15, -0.1) is 10.2 Å². The van der Waals surface area contributed by atoms with E-state index in [0.29, 0.717) is 20.7 Å². The third-order valence-electron chi connectivity index (χ3n) is 3.98. The summed E-state index contributed by atoms with van der Waals surface area (Å²) < 4.78 is 13.6. The highest BCUT2D eigenvalue weighted by atomic mass is 32.2. The number of aromatic nitrogens is 2. The zero-order valence-corrected chi connectivity index (χ0v) is 17.4. The van der Waals surface area contributed by atoms with Gasteiger partial charge >= 0.3 is 0 Å². The Morgan fingerprint density at radius 2 is 1.79 bits per heavy atom. The molecule has 1 aromatic heterocycles. The Morgan fingerprint density at radius 1 is 1.10 bits per heavy atom. The van der Waals surface area contributed by atoms with Gasteiger partial charge in [-0.1, -0.05) is 47.4 Å². The SMILES string of the molecule is CC(=O)NC(C)c1ccc(C(=O)CSc2nnc(Nc3ccc(F)cc3)s2)cc1. The zero-order valence-electron chi connectivity index (χ0n) is 15.8. The zero-order chi connectivity index (χ0) is 20.8. The molecule has 150 valence electrons. The first kappa shape index (κ1) is 20.9. The Balaban J connectivity index is 1.53. The third-order valence-corrected chi connectivity index (χ3v) is 5.95. The number of benzene rings is 2. The van der Waals surface area contributed by atoms with Gasteiger partial charge in [-0.05, 0) is 36.8 Å². The number of halogens is 1. The van der Waals surface area contributed by atoms with Crippen LogP contribution >= 0.6 is 23.1 Å². The number of nitrogens with zero attached hydrogens (tertiary/aromatic N) is 2. The number of nitrogens with one attached hydrogen (secondary N) is 2. The number of rotatable bonds is 8. The number of thioether (sulfide) groups is 1. The lowest BCUT2D eigenvalue weighted by atomic mass is 10.0. The average molecular weight is 431 g/mol. The molecule has 0 bridgehead atoms. The molecule has 29 heavy (non-hydrogen) atoms. The third kappa shape index (κ3) is 6.10. The molecule has 1 amide bonds. The maximum absolute atomic E-state index is 13.0. The van der Waals surface area contributed by atoms with Gasteiger partial charge in [0.25, 0.3) is 0 Å². The summed E-state index contributed by atoms with van der Waals surface area (Å²) in [5.74, 6) is -0.178. The topological polar surface area (TPSA) is 84.0 Å². The second kappa shape index (κ2) is 9.62. The lowest BCUT2D eigenvalue weighted by Crippen LogP contribution is -2.23. The van der Waals surface area contributed by atoms with Gasteiger partial charge in [0.2, 0.25) is 11.0 Å². The number of hydrogen-bond donors (Lipinski definition) is 2. The molecular weight excluding hydrogens is 411 g/mol. The molecule has 6 nitrogen and oxygen atoms in total. The van der Waals surface area contributed by atoms with Crippen molar-refractivity contribution in [3.63, 3.8) is 0 Å². The summed E-state index contributed by atoms with van der Waals surface area (Å²) in [6, 6.07) is 13.0. The largest absolute Gasteiger partial charge is 0.350 e. The number of carbonyl (C=O) groups is 2. The molecule has 3 aromatic rings. The second-order valence-electron chi connectivity index (χ2n) is 6.26. The van der Waals surface area contributed by atoms with Crippen molar-refractivity contribution >= 4 is 45.6 Å². The molecule has 1 atom stereocenters. The first-order chi connectivity index (χ1) is 13.9. The van der Waals surface area contributed by atoms with E-state index in [0.717, 1.165) is 5.56 Å². The van der Waals surface area contributed by atoms with Crippen molar-refractivity contribution in [2.45, 2.75) is 24.2 Å². The molecule has 0 aliphatic carbocycles. The standard InChI is InChI=1S/C20H19FN4O2S2/c1-12(22-13(2)26)14-3-5-15(6-4-14)18(27)11-28-20-25-24-19(29-20)23-17-9-7-16(21)8-10-17/h3-10,12H,11H2,1-2H3,(H,22,26)(H,23,24). The van der Waals surface area contributed by atoms with Crippen molar-refractivity contribution in [2.75, 3.05) is 11.1 Å². The summed E-state index contributed by atoms with van der Waals surface area (Å²) >= 11 is 2.64. The van der Waals surface area contributed by atoms with Crippen LogP contribution in [0.25, 0.3) is 0 Å². The molecule has 0 fully saturated rings. The summed E-state index contributed by atoms with van der Waals surface area (Å²) in [4.78, 5) is 23.6. The molecule has 1 heterocycles. The Labute approximate surface area is 175 Å². The van der Waals surface area contributed by atoms with E-state index in [1.807, 2.05) is 19.1 Å². The van der Waals surface area contributed by atoms with Crippen LogP contribution in [0.4, 0.5) is 15.2 Å². The Bertz CT molecular complexity index is 990. The second-order valence-corrected chi connectivity index (χ2v) is 8.46. The predicted molar refractivity (Wildman–Crippen MR) is 113 cm³/mol. The van der Waals surface area contributed by atoms with E-state index in [1.165, 1.54) is 42.2 Å². The molecule has 0 saturated heterocycles. The summed E-state index contributed by atoms with van der Waals surface area (Å²) in [7, 11) is 0. The van der Waals surface area contributed by atoms with Gasteiger partial charge in [0.15, 0.2) is 10.1 Å². The normalized spacial score (nSPS) is 11.7. The summed E-state index contributed by atoms with van der Waals surface area (Å²) in [5.41, 5.74) is 2.25. The van der Waals surface area contributed by atoms with Crippen LogP contribution in [0.1, 0.15) is 35.8 Å². The first-order valence-corrected chi connectivity index (χ1v) is 10.6. The lowest BCUT2D eigenvalue weighted by Gasteiger charge is -2.13. The van der Waals surface area contributed by atoms with E-state index in [9.17, 15) is 14.0 Å². The monoisotopic (exact) mass is 430 g/mol. The van der Waals surface area contributed by atoms with E-state index < -0.39 is 0 Å². The average Bonchev–Trinajstić information content (AvgIpc) is 3.15. The number of amides is 1. The van der Waals surface area contributed by atoms with Gasteiger partial charge in [0.1, 0.15) is 5.82 Å². The first-order valence-electron chi connectivity index (χ1n) is 8.80. The lowest BCUT2D eigenvalue weighted by molar-refractivity contribution is -0.119. The van der Waals surface area contributed by atoms with Gasteiger partial charge in [-0.25, -0.2) is 4.39 Å². The minimum absolute atomic E-state index is 0.0167. The maximum Gasteiger partial charge on any atom is 0.217 e. The molecule has 2 N–H and O–H groups in total. The molecular formula is C20H19FN4O2S2. The molecule has 0 aliphatic rings. The number of hydrogen-bond acceptors (Lipinski definition) is 7. The van der Waals surface area contributed by atoms with E-state index in [1.54, 1.807) is 24.3 Å². The Kier molecular flexibility index (Phi) is 6.95. The van der Waals surface area contributed by atoms with Crippen molar-refractivity contribution in [1.29, 1.82) is 0 Å². The minimum atomic E-state index is -0.305. The highest BCUT2D eigenvalue weighted by Gasteiger charge is 2.12. The van der Waals surface area contributed by atoms with E-state index in [2.05, 4.69) is 20.8 Å². The number of ketones is 1. The molecule has 2 aromatic carbocycles. The number of carbonyl (C=O) groups excluding carboxylic acids is 2. The van der Waals surface area contributed by atoms with Gasteiger partial charge in [-0.3, -0.25) is 9.59 Å². The van der Waals surface area contributed by atoms with E-state index in [-0.39, 0.29) is 29.3 Å². The molecule has 0 aliphatic heterocycles. The van der Waals surface area contributed by atoms with Crippen LogP contribution in [0.2, 0.25) is 0 Å². The summed E-state index contributed by atoms with van der Waals surface area (Å²) in [5, 5.41) is 14.5. The van der Waals surface area contributed by atoms with Gasteiger partial charge < -0.3 is 10.6 Å². The maximum atomic E-state index is 13.0. The highest BCUT2D eigenvalue weighted by Crippen LogP contribution is 2.28. The quantitative estimate of drug-likeness (QED) is 0.402. The van der Waals surface area contributed by atoms with Crippen molar-refractivity contribution in [3.05, 3.63) is 65.5 Å². The fourth-order valence-corrected chi connectivity index (χ4v) is 4.20. The molecule has 9 heteroatoms. The van der Waals surface area contributed by atoms with E-state index >= 15 is 0 Å². The fraction of sp³-hybridized carbons (Fsp3) is 0.200. The van der Waals surface area contributed by atoms with Crippen LogP contribution in [-0.2, 0) is 4.79 Å².